The molecule has 2 aromatic carbocycles. The molecular weight excluding hydrogens is 424 g/mol. The Kier molecular flexibility index (Phi) is 4.89. The number of aryl methyl sites for hydroxylation is 1. The van der Waals surface area contributed by atoms with E-state index in [0.717, 1.165) is 46.8 Å². The van der Waals surface area contributed by atoms with Gasteiger partial charge < -0.3 is 10.2 Å². The Hall–Kier alpha value is -2.22. The van der Waals surface area contributed by atoms with E-state index in [-0.39, 0.29) is 11.8 Å². The van der Waals surface area contributed by atoms with Crippen LogP contribution in [0.4, 0.5) is 10.3 Å². The van der Waals surface area contributed by atoms with Crippen LogP contribution in [0.3, 0.4) is 0 Å². The van der Waals surface area contributed by atoms with Crippen molar-refractivity contribution in [3.05, 3.63) is 47.0 Å². The number of amides is 1. The van der Waals surface area contributed by atoms with Gasteiger partial charge in [-0.05, 0) is 55.7 Å². The molecule has 1 fully saturated rings. The molecule has 29 heavy (non-hydrogen) atoms. The molecule has 0 saturated carbocycles. The average Bonchev–Trinajstić information content (AvgIpc) is 3.30. The van der Waals surface area contributed by atoms with Gasteiger partial charge in [-0.25, -0.2) is 9.97 Å². The number of piperidine rings is 1. The Morgan fingerprint density at radius 1 is 1.07 bits per heavy atom. The second-order valence-electron chi connectivity index (χ2n) is 7.35. The largest absolute Gasteiger partial charge is 0.348 e. The summed E-state index contributed by atoms with van der Waals surface area (Å²) in [6, 6.07) is 11.9. The van der Waals surface area contributed by atoms with Gasteiger partial charge in [0.1, 0.15) is 0 Å². The molecule has 0 bridgehead atoms. The molecule has 1 N–H and O–H groups in total. The molecule has 5 nitrogen and oxygen atoms in total. The molecule has 0 unspecified atom stereocenters. The minimum Gasteiger partial charge on any atom is -0.348 e. The van der Waals surface area contributed by atoms with Gasteiger partial charge in [-0.3, -0.25) is 4.79 Å². The summed E-state index contributed by atoms with van der Waals surface area (Å²) in [7, 11) is 0. The number of aromatic nitrogens is 2. The van der Waals surface area contributed by atoms with Crippen LogP contribution in [0.5, 0.6) is 0 Å². The number of halogens is 1. The molecule has 0 atom stereocenters. The first kappa shape index (κ1) is 18.8. The van der Waals surface area contributed by atoms with Gasteiger partial charge in [0.05, 0.1) is 20.4 Å². The Bertz CT molecular complexity index is 1210. The van der Waals surface area contributed by atoms with Crippen LogP contribution < -0.4 is 10.2 Å². The maximum absolute atomic E-state index is 12.7. The van der Waals surface area contributed by atoms with E-state index in [0.29, 0.717) is 10.2 Å². The van der Waals surface area contributed by atoms with Gasteiger partial charge in [0.15, 0.2) is 10.3 Å². The van der Waals surface area contributed by atoms with E-state index in [2.05, 4.69) is 40.3 Å². The highest BCUT2D eigenvalue weighted by Crippen LogP contribution is 2.33. The summed E-state index contributed by atoms with van der Waals surface area (Å²) in [4.78, 5) is 24.3. The topological polar surface area (TPSA) is 58.1 Å². The average molecular weight is 443 g/mol. The van der Waals surface area contributed by atoms with Gasteiger partial charge >= 0.3 is 0 Å². The predicted molar refractivity (Wildman–Crippen MR) is 123 cm³/mol. The van der Waals surface area contributed by atoms with E-state index < -0.39 is 0 Å². The molecule has 5 rings (SSSR count). The van der Waals surface area contributed by atoms with Gasteiger partial charge in [0.2, 0.25) is 5.91 Å². The lowest BCUT2D eigenvalue weighted by atomic mass is 9.96. The second kappa shape index (κ2) is 7.55. The van der Waals surface area contributed by atoms with Crippen LogP contribution in [0.15, 0.2) is 36.4 Å². The normalized spacial score (nSPS) is 15.3. The Labute approximate surface area is 181 Å². The zero-order valence-corrected chi connectivity index (χ0v) is 18.2. The minimum atomic E-state index is -0.00141. The first-order chi connectivity index (χ1) is 14.0. The number of carbonyl (C=O) groups excluding carboxylic acids is 1. The molecule has 3 heterocycles. The lowest BCUT2D eigenvalue weighted by Gasteiger charge is -2.30. The molecule has 8 heteroatoms. The zero-order chi connectivity index (χ0) is 20.0. The number of anilines is 2. The third-order valence-corrected chi connectivity index (χ3v) is 7.50. The van der Waals surface area contributed by atoms with E-state index in [4.69, 9.17) is 16.6 Å². The van der Waals surface area contributed by atoms with Gasteiger partial charge in [0.25, 0.3) is 0 Å². The molecule has 1 aliphatic heterocycles. The first-order valence-electron chi connectivity index (χ1n) is 9.54. The quantitative estimate of drug-likeness (QED) is 0.440. The number of thiazole rings is 2. The SMILES string of the molecule is Cc1ccc2nc(N3CCC(C(=O)Nc4nc5ccc(Cl)cc5s4)CC3)sc2c1. The number of fused-ring (bicyclic) bond motifs is 2. The monoisotopic (exact) mass is 442 g/mol. The summed E-state index contributed by atoms with van der Waals surface area (Å²) in [6.45, 7) is 3.78. The summed E-state index contributed by atoms with van der Waals surface area (Å²) in [5, 5.41) is 5.36. The number of carbonyl (C=O) groups is 1. The fourth-order valence-corrected chi connectivity index (χ4v) is 5.91. The van der Waals surface area contributed by atoms with E-state index in [9.17, 15) is 4.79 Å². The standard InChI is InChI=1S/C21H19ClN4OS2/c1-12-2-4-16-17(10-12)29-21(24-16)26-8-6-13(7-9-26)19(27)25-20-23-15-5-3-14(22)11-18(15)28-20/h2-5,10-11,13H,6-9H2,1H3,(H,23,25,27). The van der Waals surface area contributed by atoms with Crippen molar-refractivity contribution in [1.82, 2.24) is 9.97 Å². The molecule has 148 valence electrons. The van der Waals surface area contributed by atoms with Crippen LogP contribution in [-0.2, 0) is 4.79 Å². The van der Waals surface area contributed by atoms with Gasteiger partial charge in [-0.1, -0.05) is 40.3 Å². The Morgan fingerprint density at radius 3 is 2.62 bits per heavy atom. The lowest BCUT2D eigenvalue weighted by molar-refractivity contribution is -0.120. The number of benzene rings is 2. The summed E-state index contributed by atoms with van der Waals surface area (Å²) in [6.07, 6.45) is 1.63. The van der Waals surface area contributed by atoms with Gasteiger partial charge in [0, 0.05) is 24.0 Å². The van der Waals surface area contributed by atoms with Crippen molar-refractivity contribution in [1.29, 1.82) is 0 Å². The molecule has 4 aromatic rings. The second-order valence-corrected chi connectivity index (χ2v) is 9.83. The Balaban J connectivity index is 1.23. The number of hydrogen-bond acceptors (Lipinski definition) is 6. The summed E-state index contributed by atoms with van der Waals surface area (Å²) in [5.74, 6) is 0.0493. The number of hydrogen-bond donors (Lipinski definition) is 1. The van der Waals surface area contributed by atoms with Crippen molar-refractivity contribution >= 4 is 70.9 Å². The molecule has 2 aromatic heterocycles. The van der Waals surface area contributed by atoms with Crippen molar-refractivity contribution in [2.45, 2.75) is 19.8 Å². The maximum Gasteiger partial charge on any atom is 0.229 e. The minimum absolute atomic E-state index is 0.00141. The first-order valence-corrected chi connectivity index (χ1v) is 11.6. The van der Waals surface area contributed by atoms with Crippen molar-refractivity contribution in [3.8, 4) is 0 Å². The lowest BCUT2D eigenvalue weighted by Crippen LogP contribution is -2.38. The maximum atomic E-state index is 12.7. The number of nitrogens with one attached hydrogen (secondary N) is 1. The van der Waals surface area contributed by atoms with Crippen LogP contribution in [0.25, 0.3) is 20.4 Å². The summed E-state index contributed by atoms with van der Waals surface area (Å²) < 4.78 is 2.20. The molecular formula is C21H19ClN4OS2. The predicted octanol–water partition coefficient (Wildman–Crippen LogP) is 5.72. The molecule has 1 aliphatic rings. The van der Waals surface area contributed by atoms with Crippen LogP contribution in [0, 0.1) is 12.8 Å². The molecule has 0 spiro atoms. The molecule has 1 amide bonds. The zero-order valence-electron chi connectivity index (χ0n) is 15.8. The van der Waals surface area contributed by atoms with Crippen LogP contribution in [-0.4, -0.2) is 29.0 Å². The molecule has 0 radical (unpaired) electrons. The van der Waals surface area contributed by atoms with E-state index in [1.165, 1.54) is 21.6 Å². The summed E-state index contributed by atoms with van der Waals surface area (Å²) in [5.41, 5.74) is 3.15. The van der Waals surface area contributed by atoms with Crippen LogP contribution in [0.1, 0.15) is 18.4 Å². The van der Waals surface area contributed by atoms with E-state index >= 15 is 0 Å². The number of nitrogens with zero attached hydrogens (tertiary/aromatic N) is 3. The van der Waals surface area contributed by atoms with Crippen molar-refractivity contribution in [3.63, 3.8) is 0 Å². The third-order valence-electron chi connectivity index (χ3n) is 5.25. The van der Waals surface area contributed by atoms with Crippen molar-refractivity contribution in [2.24, 2.45) is 5.92 Å². The molecule has 1 saturated heterocycles. The van der Waals surface area contributed by atoms with Crippen molar-refractivity contribution in [2.75, 3.05) is 23.3 Å². The summed E-state index contributed by atoms with van der Waals surface area (Å²) >= 11 is 9.22. The fourth-order valence-electron chi connectivity index (χ4n) is 3.65. The van der Waals surface area contributed by atoms with Gasteiger partial charge in [-0.15, -0.1) is 0 Å². The Morgan fingerprint density at radius 2 is 1.79 bits per heavy atom. The van der Waals surface area contributed by atoms with E-state index in [1.807, 2.05) is 18.2 Å². The highest BCUT2D eigenvalue weighted by atomic mass is 35.5. The number of rotatable bonds is 3. The van der Waals surface area contributed by atoms with Crippen molar-refractivity contribution < 1.29 is 4.79 Å². The van der Waals surface area contributed by atoms with E-state index in [1.54, 1.807) is 11.3 Å². The highest BCUT2D eigenvalue weighted by molar-refractivity contribution is 7.22. The van der Waals surface area contributed by atoms with Crippen LogP contribution in [0.2, 0.25) is 5.02 Å². The third kappa shape index (κ3) is 3.82. The van der Waals surface area contributed by atoms with Gasteiger partial charge in [-0.2, -0.15) is 0 Å². The highest BCUT2D eigenvalue weighted by Gasteiger charge is 2.27. The fraction of sp³-hybridized carbons (Fsp3) is 0.286. The van der Waals surface area contributed by atoms with Crippen LogP contribution >= 0.6 is 34.3 Å². The molecule has 0 aliphatic carbocycles. The smallest absolute Gasteiger partial charge is 0.229 e.